The Hall–Kier alpha value is -1.09. The number of ketones is 1. The number of aromatic nitrogens is 1. The van der Waals surface area contributed by atoms with Crippen LogP contribution >= 0.6 is 0 Å². The Bertz CT molecular complexity index is 291. The lowest BCUT2D eigenvalue weighted by molar-refractivity contribution is 0.0939. The third-order valence-corrected chi connectivity index (χ3v) is 2.40. The lowest BCUT2D eigenvalue weighted by atomic mass is 10.1. The number of Topliss-reactive ketones (excluding diaryl/α,β-unsaturated/α-hetero) is 1. The van der Waals surface area contributed by atoms with Crippen LogP contribution in [0.2, 0.25) is 0 Å². The molecule has 0 aliphatic rings. The highest BCUT2D eigenvalue weighted by atomic mass is 16.1. The predicted octanol–water partition coefficient (Wildman–Crippen LogP) is 2.18. The second-order valence-electron chi connectivity index (χ2n) is 4.43. The van der Waals surface area contributed by atoms with Gasteiger partial charge in [0, 0.05) is 6.20 Å². The highest BCUT2D eigenvalue weighted by Gasteiger charge is 2.09. The Kier molecular flexibility index (Phi) is 4.56. The summed E-state index contributed by atoms with van der Waals surface area (Å²) < 4.78 is 0. The van der Waals surface area contributed by atoms with E-state index < -0.39 is 0 Å². The third-order valence-electron chi connectivity index (χ3n) is 2.40. The summed E-state index contributed by atoms with van der Waals surface area (Å²) >= 11 is 0. The molecule has 0 aliphatic carbocycles. The molecule has 0 spiro atoms. The molecule has 3 heteroatoms. The quantitative estimate of drug-likeness (QED) is 0.727. The first-order valence-electron chi connectivity index (χ1n) is 5.44. The van der Waals surface area contributed by atoms with Crippen molar-refractivity contribution in [2.45, 2.75) is 20.3 Å². The van der Waals surface area contributed by atoms with Crippen LogP contribution in [-0.4, -0.2) is 35.8 Å². The molecule has 0 aromatic carbocycles. The van der Waals surface area contributed by atoms with E-state index in [-0.39, 0.29) is 5.78 Å². The van der Waals surface area contributed by atoms with Crippen LogP contribution in [0.3, 0.4) is 0 Å². The van der Waals surface area contributed by atoms with E-state index in [2.05, 4.69) is 23.7 Å². The summed E-state index contributed by atoms with van der Waals surface area (Å²) in [6.45, 7) is 5.86. The molecule has 0 saturated carbocycles. The van der Waals surface area contributed by atoms with Crippen molar-refractivity contribution >= 4 is 5.78 Å². The molecule has 0 saturated heterocycles. The molecule has 0 amide bonds. The van der Waals surface area contributed by atoms with Crippen LogP contribution in [0.15, 0.2) is 18.3 Å². The molecule has 1 aromatic heterocycles. The van der Waals surface area contributed by atoms with E-state index in [1.165, 1.54) is 0 Å². The van der Waals surface area contributed by atoms with Crippen LogP contribution in [0.5, 0.6) is 0 Å². The molecule has 3 nitrogen and oxygen atoms in total. The zero-order valence-electron chi connectivity index (χ0n) is 9.79. The average Bonchev–Trinajstić information content (AvgIpc) is 2.67. The van der Waals surface area contributed by atoms with Gasteiger partial charge in [0.1, 0.15) is 0 Å². The molecule has 84 valence electrons. The zero-order chi connectivity index (χ0) is 11.3. The predicted molar refractivity (Wildman–Crippen MR) is 62.1 cm³/mol. The molecule has 1 rings (SSSR count). The molecule has 0 fully saturated rings. The van der Waals surface area contributed by atoms with Gasteiger partial charge in [-0.05, 0) is 38.1 Å². The summed E-state index contributed by atoms with van der Waals surface area (Å²) in [5.41, 5.74) is 0.700. The minimum Gasteiger partial charge on any atom is -0.359 e. The Morgan fingerprint density at radius 3 is 2.80 bits per heavy atom. The second kappa shape index (κ2) is 5.71. The molecule has 0 unspecified atom stereocenters. The number of hydrogen-bond donors (Lipinski definition) is 1. The van der Waals surface area contributed by atoms with Gasteiger partial charge >= 0.3 is 0 Å². The smallest absolute Gasteiger partial charge is 0.192 e. The Labute approximate surface area is 91.5 Å². The molecule has 15 heavy (non-hydrogen) atoms. The van der Waals surface area contributed by atoms with Gasteiger partial charge in [-0.3, -0.25) is 9.69 Å². The number of carbonyl (C=O) groups excluding carboxylic acids is 1. The minimum absolute atomic E-state index is 0.159. The van der Waals surface area contributed by atoms with Crippen molar-refractivity contribution in [3.05, 3.63) is 24.0 Å². The maximum absolute atomic E-state index is 11.7. The van der Waals surface area contributed by atoms with Gasteiger partial charge < -0.3 is 4.98 Å². The molecule has 1 aromatic rings. The first kappa shape index (κ1) is 12.0. The van der Waals surface area contributed by atoms with Gasteiger partial charge in [-0.25, -0.2) is 0 Å². The number of hydrogen-bond acceptors (Lipinski definition) is 2. The van der Waals surface area contributed by atoms with Crippen LogP contribution in [0.1, 0.15) is 30.8 Å². The Morgan fingerprint density at radius 1 is 1.53 bits per heavy atom. The molecule has 1 N–H and O–H groups in total. The van der Waals surface area contributed by atoms with Crippen LogP contribution in [0, 0.1) is 5.92 Å². The second-order valence-corrected chi connectivity index (χ2v) is 4.43. The molecule has 0 bridgehead atoms. The van der Waals surface area contributed by atoms with E-state index in [1.807, 2.05) is 19.2 Å². The first-order chi connectivity index (χ1) is 7.09. The van der Waals surface area contributed by atoms with Gasteiger partial charge in [0.15, 0.2) is 5.78 Å². The zero-order valence-corrected chi connectivity index (χ0v) is 9.79. The number of aromatic amines is 1. The number of likely N-dealkylation sites (N-methyl/N-ethyl adjacent to an activating group) is 1. The number of carbonyl (C=O) groups is 1. The summed E-state index contributed by atoms with van der Waals surface area (Å²) in [5.74, 6) is 0.847. The standard InChI is InChI=1S/C12H20N2O/c1-10(2)6-8-14(3)9-12(15)11-5-4-7-13-11/h4-5,7,10,13H,6,8-9H2,1-3H3. The fraction of sp³-hybridized carbons (Fsp3) is 0.583. The van der Waals surface area contributed by atoms with Crippen LogP contribution in [-0.2, 0) is 0 Å². The summed E-state index contributed by atoms with van der Waals surface area (Å²) in [6.07, 6.45) is 2.91. The fourth-order valence-electron chi connectivity index (χ4n) is 1.39. The van der Waals surface area contributed by atoms with Crippen molar-refractivity contribution in [2.24, 2.45) is 5.92 Å². The van der Waals surface area contributed by atoms with Gasteiger partial charge in [-0.15, -0.1) is 0 Å². The van der Waals surface area contributed by atoms with Crippen LogP contribution < -0.4 is 0 Å². The van der Waals surface area contributed by atoms with Crippen molar-refractivity contribution in [2.75, 3.05) is 20.1 Å². The third kappa shape index (κ3) is 4.30. The lowest BCUT2D eigenvalue weighted by Gasteiger charge is -2.16. The fourth-order valence-corrected chi connectivity index (χ4v) is 1.39. The molecular weight excluding hydrogens is 188 g/mol. The van der Waals surface area contributed by atoms with Crippen molar-refractivity contribution < 1.29 is 4.79 Å². The number of rotatable bonds is 6. The van der Waals surface area contributed by atoms with Gasteiger partial charge in [-0.1, -0.05) is 13.8 Å². The Balaban J connectivity index is 2.32. The number of nitrogens with zero attached hydrogens (tertiary/aromatic N) is 1. The van der Waals surface area contributed by atoms with Crippen molar-refractivity contribution in [1.82, 2.24) is 9.88 Å². The van der Waals surface area contributed by atoms with Gasteiger partial charge in [0.25, 0.3) is 0 Å². The first-order valence-corrected chi connectivity index (χ1v) is 5.44. The molecule has 0 atom stereocenters. The molecule has 0 radical (unpaired) electrons. The van der Waals surface area contributed by atoms with E-state index in [9.17, 15) is 4.79 Å². The summed E-state index contributed by atoms with van der Waals surface area (Å²) in [6, 6.07) is 3.67. The monoisotopic (exact) mass is 208 g/mol. The molecular formula is C12H20N2O. The number of H-pyrrole nitrogens is 1. The van der Waals surface area contributed by atoms with E-state index in [4.69, 9.17) is 0 Å². The van der Waals surface area contributed by atoms with Gasteiger partial charge in [0.05, 0.1) is 12.2 Å². The van der Waals surface area contributed by atoms with E-state index in [1.54, 1.807) is 6.20 Å². The Morgan fingerprint density at radius 2 is 2.27 bits per heavy atom. The minimum atomic E-state index is 0.159. The summed E-state index contributed by atoms with van der Waals surface area (Å²) in [7, 11) is 1.99. The summed E-state index contributed by atoms with van der Waals surface area (Å²) in [4.78, 5) is 16.7. The average molecular weight is 208 g/mol. The van der Waals surface area contributed by atoms with Crippen LogP contribution in [0.4, 0.5) is 0 Å². The van der Waals surface area contributed by atoms with Crippen molar-refractivity contribution in [3.63, 3.8) is 0 Å². The molecule has 1 heterocycles. The topological polar surface area (TPSA) is 36.1 Å². The van der Waals surface area contributed by atoms with Crippen molar-refractivity contribution in [3.8, 4) is 0 Å². The van der Waals surface area contributed by atoms with E-state index >= 15 is 0 Å². The lowest BCUT2D eigenvalue weighted by Crippen LogP contribution is -2.27. The maximum Gasteiger partial charge on any atom is 0.192 e. The molecule has 0 aliphatic heterocycles. The SMILES string of the molecule is CC(C)CCN(C)CC(=O)c1ccc[nH]1. The highest BCUT2D eigenvalue weighted by molar-refractivity contribution is 5.95. The number of nitrogens with one attached hydrogen (secondary N) is 1. The van der Waals surface area contributed by atoms with E-state index in [0.717, 1.165) is 13.0 Å². The largest absolute Gasteiger partial charge is 0.359 e. The van der Waals surface area contributed by atoms with Gasteiger partial charge in [-0.2, -0.15) is 0 Å². The van der Waals surface area contributed by atoms with E-state index in [0.29, 0.717) is 18.2 Å². The maximum atomic E-state index is 11.7. The van der Waals surface area contributed by atoms with Gasteiger partial charge in [0.2, 0.25) is 0 Å². The highest BCUT2D eigenvalue weighted by Crippen LogP contribution is 2.02. The normalized spacial score (nSPS) is 11.3. The summed E-state index contributed by atoms with van der Waals surface area (Å²) in [5, 5.41) is 0. The van der Waals surface area contributed by atoms with Crippen LogP contribution in [0.25, 0.3) is 0 Å². The van der Waals surface area contributed by atoms with Crippen molar-refractivity contribution in [1.29, 1.82) is 0 Å².